The molecule has 1 aliphatic rings. The predicted molar refractivity (Wildman–Crippen MR) is 76.2 cm³/mol. The summed E-state index contributed by atoms with van der Waals surface area (Å²) in [5, 5.41) is 2.62. The number of carbonyl (C=O) groups is 1. The monoisotopic (exact) mass is 357 g/mol. The second kappa shape index (κ2) is 6.07. The van der Waals surface area contributed by atoms with Crippen LogP contribution in [-0.4, -0.2) is 33.6 Å². The highest BCUT2D eigenvalue weighted by atomic mass is 35.7. The van der Waals surface area contributed by atoms with Crippen molar-refractivity contribution in [2.24, 2.45) is 0 Å². The zero-order valence-electron chi connectivity index (χ0n) is 10.0. The molecule has 1 aliphatic heterocycles. The Balaban J connectivity index is 2.34. The average molecular weight is 359 g/mol. The van der Waals surface area contributed by atoms with Gasteiger partial charge in [0.2, 0.25) is 0 Å². The first-order valence-corrected chi connectivity index (χ1v) is 8.68. The number of carbonyl (C=O) groups excluding carboxylic acids is 1. The van der Waals surface area contributed by atoms with Gasteiger partial charge in [0, 0.05) is 17.3 Å². The van der Waals surface area contributed by atoms with Gasteiger partial charge in [0.1, 0.15) is 0 Å². The van der Waals surface area contributed by atoms with Crippen molar-refractivity contribution in [1.82, 2.24) is 5.32 Å². The van der Waals surface area contributed by atoms with Gasteiger partial charge >= 0.3 is 0 Å². The molecule has 1 N–H and O–H groups in total. The van der Waals surface area contributed by atoms with Crippen LogP contribution in [0.3, 0.4) is 0 Å². The number of amides is 1. The molecule has 1 heterocycles. The Labute approximate surface area is 130 Å². The van der Waals surface area contributed by atoms with Gasteiger partial charge in [-0.05, 0) is 18.6 Å². The number of rotatable bonds is 3. The number of nitrogens with one attached hydrogen (secondary N) is 1. The smallest absolute Gasteiger partial charge is 0.261 e. The molecule has 20 heavy (non-hydrogen) atoms. The molecule has 2 rings (SSSR count). The Kier molecular flexibility index (Phi) is 4.81. The molecule has 0 spiro atoms. The van der Waals surface area contributed by atoms with Crippen LogP contribution in [0.1, 0.15) is 16.8 Å². The fourth-order valence-electron chi connectivity index (χ4n) is 1.78. The largest absolute Gasteiger partial charge is 0.379 e. The van der Waals surface area contributed by atoms with E-state index in [0.717, 1.165) is 12.1 Å². The summed E-state index contributed by atoms with van der Waals surface area (Å²) < 4.78 is 27.8. The molecule has 0 bridgehead atoms. The Morgan fingerprint density at radius 3 is 2.60 bits per heavy atom. The summed E-state index contributed by atoms with van der Waals surface area (Å²) in [5.74, 6) is -0.519. The van der Waals surface area contributed by atoms with Crippen molar-refractivity contribution in [3.8, 4) is 0 Å². The van der Waals surface area contributed by atoms with Crippen molar-refractivity contribution in [1.29, 1.82) is 0 Å². The fraction of sp³-hybridized carbons (Fsp3) is 0.364. The van der Waals surface area contributed by atoms with Crippen molar-refractivity contribution < 1.29 is 17.9 Å². The zero-order valence-corrected chi connectivity index (χ0v) is 13.1. The summed E-state index contributed by atoms with van der Waals surface area (Å²) in [6.45, 7) is 0.972. The van der Waals surface area contributed by atoms with E-state index in [1.807, 2.05) is 0 Å². The molecule has 0 aliphatic carbocycles. The van der Waals surface area contributed by atoms with Crippen LogP contribution in [0.5, 0.6) is 0 Å². The lowest BCUT2D eigenvalue weighted by Crippen LogP contribution is -2.35. The third-order valence-electron chi connectivity index (χ3n) is 2.79. The fourth-order valence-corrected chi connectivity index (χ4v) is 3.05. The molecule has 1 aromatic carbocycles. The van der Waals surface area contributed by atoms with Crippen molar-refractivity contribution >= 4 is 48.8 Å². The van der Waals surface area contributed by atoms with Gasteiger partial charge in [-0.1, -0.05) is 23.2 Å². The lowest BCUT2D eigenvalue weighted by atomic mass is 10.2. The van der Waals surface area contributed by atoms with E-state index in [1.165, 1.54) is 0 Å². The van der Waals surface area contributed by atoms with Gasteiger partial charge < -0.3 is 10.1 Å². The van der Waals surface area contributed by atoms with Crippen molar-refractivity contribution in [3.05, 3.63) is 27.7 Å². The van der Waals surface area contributed by atoms with Gasteiger partial charge in [-0.3, -0.25) is 4.79 Å². The van der Waals surface area contributed by atoms with Crippen LogP contribution in [0, 0.1) is 0 Å². The highest BCUT2D eigenvalue weighted by molar-refractivity contribution is 8.13. The predicted octanol–water partition coefficient (Wildman–Crippen LogP) is 2.44. The minimum absolute atomic E-state index is 0.0212. The van der Waals surface area contributed by atoms with Crippen LogP contribution in [0.25, 0.3) is 0 Å². The summed E-state index contributed by atoms with van der Waals surface area (Å²) in [6, 6.07) is 2.07. The van der Waals surface area contributed by atoms with Gasteiger partial charge in [0.15, 0.2) is 0 Å². The van der Waals surface area contributed by atoms with E-state index in [9.17, 15) is 13.2 Å². The lowest BCUT2D eigenvalue weighted by molar-refractivity contribution is 0.0930. The van der Waals surface area contributed by atoms with Crippen molar-refractivity contribution in [3.63, 3.8) is 0 Å². The molecule has 5 nitrogen and oxygen atoms in total. The standard InChI is InChI=1S/C11H10Cl3NO4S/c12-9-4-7(20(14,17)18)3-8(10(9)13)11(16)15-6-1-2-19-5-6/h3-4,6H,1-2,5H2,(H,15,16). The van der Waals surface area contributed by atoms with E-state index >= 15 is 0 Å². The van der Waals surface area contributed by atoms with E-state index in [1.54, 1.807) is 0 Å². The molecule has 0 saturated carbocycles. The lowest BCUT2D eigenvalue weighted by Gasteiger charge is -2.13. The molecule has 9 heteroatoms. The van der Waals surface area contributed by atoms with Crippen LogP contribution in [-0.2, 0) is 13.8 Å². The molecular formula is C11H10Cl3NO4S. The SMILES string of the molecule is O=C(NC1CCOC1)c1cc(S(=O)(=O)Cl)cc(Cl)c1Cl. The first-order valence-electron chi connectivity index (χ1n) is 5.61. The maximum Gasteiger partial charge on any atom is 0.261 e. The van der Waals surface area contributed by atoms with Crippen molar-refractivity contribution in [2.45, 2.75) is 17.4 Å². The van der Waals surface area contributed by atoms with Gasteiger partial charge in [0.05, 0.1) is 33.2 Å². The van der Waals surface area contributed by atoms with Gasteiger partial charge in [-0.15, -0.1) is 0 Å². The summed E-state index contributed by atoms with van der Waals surface area (Å²) in [5.41, 5.74) is -0.0368. The van der Waals surface area contributed by atoms with Crippen LogP contribution in [0.2, 0.25) is 10.0 Å². The summed E-state index contributed by atoms with van der Waals surface area (Å²) in [7, 11) is 1.25. The zero-order chi connectivity index (χ0) is 14.9. The molecule has 1 saturated heterocycles. The van der Waals surface area contributed by atoms with Gasteiger partial charge in [0.25, 0.3) is 15.0 Å². The Morgan fingerprint density at radius 2 is 2.05 bits per heavy atom. The minimum Gasteiger partial charge on any atom is -0.379 e. The molecular weight excluding hydrogens is 349 g/mol. The number of hydrogen-bond acceptors (Lipinski definition) is 4. The molecule has 0 aromatic heterocycles. The van der Waals surface area contributed by atoms with Crippen molar-refractivity contribution in [2.75, 3.05) is 13.2 Å². The second-order valence-electron chi connectivity index (χ2n) is 4.24. The van der Waals surface area contributed by atoms with Gasteiger partial charge in [-0.25, -0.2) is 8.42 Å². The van der Waals surface area contributed by atoms with E-state index < -0.39 is 15.0 Å². The first-order chi connectivity index (χ1) is 9.29. The van der Waals surface area contributed by atoms with E-state index in [2.05, 4.69) is 5.32 Å². The second-order valence-corrected chi connectivity index (χ2v) is 7.59. The summed E-state index contributed by atoms with van der Waals surface area (Å²) in [6.07, 6.45) is 0.685. The highest BCUT2D eigenvalue weighted by Gasteiger charge is 2.23. The molecule has 1 aromatic rings. The third-order valence-corrected chi connectivity index (χ3v) is 4.93. The van der Waals surface area contributed by atoms with E-state index in [4.69, 9.17) is 38.6 Å². The number of hydrogen-bond donors (Lipinski definition) is 1. The van der Waals surface area contributed by atoms with E-state index in [0.29, 0.717) is 19.6 Å². The number of ether oxygens (including phenoxy) is 1. The maximum absolute atomic E-state index is 12.1. The third kappa shape index (κ3) is 3.56. The molecule has 1 amide bonds. The maximum atomic E-state index is 12.1. The normalized spacial score (nSPS) is 19.1. The Bertz CT molecular complexity index is 641. The Hall–Kier alpha value is -0.530. The molecule has 1 atom stereocenters. The minimum atomic E-state index is -4.00. The topological polar surface area (TPSA) is 72.5 Å². The molecule has 110 valence electrons. The van der Waals surface area contributed by atoms with Crippen LogP contribution in [0.15, 0.2) is 17.0 Å². The molecule has 1 unspecified atom stereocenters. The highest BCUT2D eigenvalue weighted by Crippen LogP contribution is 2.31. The number of benzene rings is 1. The molecule has 0 radical (unpaired) electrons. The van der Waals surface area contributed by atoms with Gasteiger partial charge in [-0.2, -0.15) is 0 Å². The molecule has 1 fully saturated rings. The average Bonchev–Trinajstić information content (AvgIpc) is 2.83. The quantitative estimate of drug-likeness (QED) is 0.842. The van der Waals surface area contributed by atoms with Crippen LogP contribution in [0.4, 0.5) is 0 Å². The van der Waals surface area contributed by atoms with Crippen LogP contribution >= 0.6 is 33.9 Å². The summed E-state index contributed by atoms with van der Waals surface area (Å²) >= 11 is 11.8. The van der Waals surface area contributed by atoms with E-state index in [-0.39, 0.29) is 26.5 Å². The Morgan fingerprint density at radius 1 is 1.35 bits per heavy atom. The first kappa shape index (κ1) is 15.9. The summed E-state index contributed by atoms with van der Waals surface area (Å²) in [4.78, 5) is 11.8. The van der Waals surface area contributed by atoms with Crippen LogP contribution < -0.4 is 5.32 Å². The number of halogens is 3.